The Morgan fingerprint density at radius 3 is 1.41 bits per heavy atom. The third-order valence-corrected chi connectivity index (χ3v) is 12.3. The molecule has 356 valence electrons. The highest BCUT2D eigenvalue weighted by Crippen LogP contribution is 2.28. The standard InChI is InChI=1S/C39H61N11O14/c40-8-2-1-5-24(45-30(54)14-41)37(62)48-18-21(51)11-27(48)34(59)42-15-31(55)46-9-3-6-25(46)38(63)49-19-22(52)12-28(49)35(60)43-16-32(56)47-10-4-7-26(47)39(64)50-20-23(53)13-29(50)36(61)44-17-33(57)58/h21-29,51-53H,1-20,40-41H2,(H,42,59)(H,43,60)(H,44,61)(H,45,54)(H,57,58)/t21-,22-,23-,24+,25+,26+,27+,28+,29+/m1/s1. The van der Waals surface area contributed by atoms with Crippen molar-refractivity contribution in [2.45, 2.75) is 119 Å². The number of β-amino-alcohol motifs (C(OH)–C–C–N with tert-alkyl or cyclic N) is 3. The van der Waals surface area contributed by atoms with Gasteiger partial charge in [0.05, 0.1) is 37.9 Å². The van der Waals surface area contributed by atoms with E-state index < -0.39 is 133 Å². The second-order valence-electron chi connectivity index (χ2n) is 16.8. The fourth-order valence-electron chi connectivity index (χ4n) is 9.19. The highest BCUT2D eigenvalue weighted by molar-refractivity contribution is 5.98. The van der Waals surface area contributed by atoms with Crippen LogP contribution in [0.1, 0.15) is 64.2 Å². The lowest BCUT2D eigenvalue weighted by molar-refractivity contribution is -0.148. The number of unbranched alkanes of at least 4 members (excludes halogenated alkanes) is 1. The predicted molar refractivity (Wildman–Crippen MR) is 218 cm³/mol. The van der Waals surface area contributed by atoms with Crippen LogP contribution in [0.15, 0.2) is 0 Å². The van der Waals surface area contributed by atoms with Crippen LogP contribution in [0.4, 0.5) is 0 Å². The number of carboxylic acids is 1. The van der Waals surface area contributed by atoms with Gasteiger partial charge in [0.15, 0.2) is 0 Å². The molecule has 5 aliphatic rings. The summed E-state index contributed by atoms with van der Waals surface area (Å²) in [5.74, 6) is -7.24. The van der Waals surface area contributed by atoms with Gasteiger partial charge < -0.3 is 77.7 Å². The molecule has 0 aromatic carbocycles. The Morgan fingerprint density at radius 2 is 0.984 bits per heavy atom. The first-order valence-corrected chi connectivity index (χ1v) is 21.7. The van der Waals surface area contributed by atoms with E-state index >= 15 is 0 Å². The number of carbonyl (C=O) groups is 10. The van der Waals surface area contributed by atoms with Crippen molar-refractivity contribution in [1.29, 1.82) is 0 Å². The topological polar surface area (TPSA) is 368 Å². The molecule has 0 radical (unpaired) electrons. The maximum absolute atomic E-state index is 14.0. The number of likely N-dealkylation sites (tertiary alicyclic amines) is 5. The minimum atomic E-state index is -1.29. The number of rotatable bonds is 18. The van der Waals surface area contributed by atoms with Crippen LogP contribution in [-0.4, -0.2) is 224 Å². The molecule has 0 aromatic rings. The predicted octanol–water partition coefficient (Wildman–Crippen LogP) is -7.14. The van der Waals surface area contributed by atoms with Crippen LogP contribution in [0, 0.1) is 0 Å². The van der Waals surface area contributed by atoms with Crippen molar-refractivity contribution in [2.24, 2.45) is 11.5 Å². The zero-order chi connectivity index (χ0) is 46.8. The fraction of sp³-hybridized carbons (Fsp3) is 0.744. The number of amides is 9. The molecule has 0 aromatic heterocycles. The SMILES string of the molecule is NCCCC[C@H](NC(=O)CN)C(=O)N1C[C@H](O)C[C@H]1C(=O)NCC(=O)N1CCC[C@H]1C(=O)N1C[C@H](O)C[C@H]1C(=O)NCC(=O)N1CCC[C@H]1C(=O)N1C[C@H](O)C[C@H]1C(=O)NCC(=O)O. The number of nitrogens with two attached hydrogens (primary N) is 2. The number of aliphatic hydroxyl groups excluding tert-OH is 3. The summed E-state index contributed by atoms with van der Waals surface area (Å²) in [6.45, 7) is -2.16. The third kappa shape index (κ3) is 12.0. The van der Waals surface area contributed by atoms with E-state index in [1.807, 2.05) is 0 Å². The quantitative estimate of drug-likeness (QED) is 0.0571. The van der Waals surface area contributed by atoms with Gasteiger partial charge in [-0.05, 0) is 51.5 Å². The molecule has 25 nitrogen and oxygen atoms in total. The zero-order valence-electron chi connectivity index (χ0n) is 35.6. The number of nitrogens with one attached hydrogen (secondary N) is 4. The van der Waals surface area contributed by atoms with E-state index in [9.17, 15) is 63.3 Å². The van der Waals surface area contributed by atoms with E-state index in [2.05, 4.69) is 21.3 Å². The maximum Gasteiger partial charge on any atom is 0.322 e. The molecule has 5 rings (SSSR count). The molecule has 0 spiro atoms. The monoisotopic (exact) mass is 907 g/mol. The van der Waals surface area contributed by atoms with Gasteiger partial charge in [0.1, 0.15) is 42.8 Å². The fourth-order valence-corrected chi connectivity index (χ4v) is 9.19. The second kappa shape index (κ2) is 22.4. The van der Waals surface area contributed by atoms with Gasteiger partial charge in [-0.25, -0.2) is 0 Å². The molecule has 12 N–H and O–H groups in total. The Morgan fingerprint density at radius 1 is 0.562 bits per heavy atom. The summed E-state index contributed by atoms with van der Waals surface area (Å²) in [6, 6.07) is -6.61. The Kier molecular flexibility index (Phi) is 17.3. The highest BCUT2D eigenvalue weighted by atomic mass is 16.4. The Hall–Kier alpha value is -5.50. The summed E-state index contributed by atoms with van der Waals surface area (Å²) in [5.41, 5.74) is 11.0. The highest BCUT2D eigenvalue weighted by Gasteiger charge is 2.47. The number of hydrogen-bond donors (Lipinski definition) is 10. The number of carboxylic acid groups (broad SMARTS) is 1. The van der Waals surface area contributed by atoms with E-state index in [1.165, 1.54) is 9.80 Å². The lowest BCUT2D eigenvalue weighted by Gasteiger charge is -2.32. The summed E-state index contributed by atoms with van der Waals surface area (Å²) in [6.07, 6.45) is -1.02. The van der Waals surface area contributed by atoms with Gasteiger partial charge in [-0.3, -0.25) is 47.9 Å². The molecule has 5 heterocycles. The van der Waals surface area contributed by atoms with E-state index in [-0.39, 0.29) is 77.8 Å². The number of carbonyl (C=O) groups excluding carboxylic acids is 9. The maximum atomic E-state index is 14.0. The first-order valence-electron chi connectivity index (χ1n) is 21.7. The molecule has 64 heavy (non-hydrogen) atoms. The largest absolute Gasteiger partial charge is 0.480 e. The van der Waals surface area contributed by atoms with Crippen LogP contribution in [-0.2, 0) is 47.9 Å². The van der Waals surface area contributed by atoms with Gasteiger partial charge in [-0.1, -0.05) is 0 Å². The molecular weight excluding hydrogens is 846 g/mol. The molecule has 5 fully saturated rings. The third-order valence-electron chi connectivity index (χ3n) is 12.3. The van der Waals surface area contributed by atoms with Gasteiger partial charge >= 0.3 is 5.97 Å². The number of nitrogens with zero attached hydrogens (tertiary/aromatic N) is 5. The van der Waals surface area contributed by atoms with Gasteiger partial charge in [0.25, 0.3) is 0 Å². The summed E-state index contributed by atoms with van der Waals surface area (Å²) < 4.78 is 0. The van der Waals surface area contributed by atoms with Gasteiger partial charge in [0, 0.05) is 52.0 Å². The average molecular weight is 908 g/mol. The van der Waals surface area contributed by atoms with E-state index in [4.69, 9.17) is 16.6 Å². The van der Waals surface area contributed by atoms with Crippen molar-refractivity contribution in [3.8, 4) is 0 Å². The second-order valence-corrected chi connectivity index (χ2v) is 16.8. The molecule has 0 aliphatic carbocycles. The minimum Gasteiger partial charge on any atom is -0.480 e. The van der Waals surface area contributed by atoms with Crippen LogP contribution in [0.2, 0.25) is 0 Å². The lowest BCUT2D eigenvalue weighted by atomic mass is 10.1. The van der Waals surface area contributed by atoms with Gasteiger partial charge in [0.2, 0.25) is 53.2 Å². The first-order chi connectivity index (χ1) is 30.4. The Bertz CT molecular complexity index is 1800. The van der Waals surface area contributed by atoms with E-state index in [0.717, 1.165) is 14.7 Å². The Labute approximate surface area is 368 Å². The average Bonchev–Trinajstić information content (AvgIpc) is 4.13. The number of hydrogen-bond acceptors (Lipinski definition) is 15. The van der Waals surface area contributed by atoms with Crippen LogP contribution in [0.3, 0.4) is 0 Å². The van der Waals surface area contributed by atoms with Crippen LogP contribution >= 0.6 is 0 Å². The molecule has 5 aliphatic heterocycles. The molecule has 5 saturated heterocycles. The van der Waals surface area contributed by atoms with Crippen molar-refractivity contribution in [3.05, 3.63) is 0 Å². The Balaban J connectivity index is 1.15. The summed E-state index contributed by atoms with van der Waals surface area (Å²) >= 11 is 0. The van der Waals surface area contributed by atoms with E-state index in [0.29, 0.717) is 32.2 Å². The molecule has 0 saturated carbocycles. The van der Waals surface area contributed by atoms with Crippen molar-refractivity contribution in [3.63, 3.8) is 0 Å². The number of aliphatic carboxylic acids is 1. The van der Waals surface area contributed by atoms with Crippen molar-refractivity contribution in [2.75, 3.05) is 65.4 Å². The smallest absolute Gasteiger partial charge is 0.322 e. The minimum absolute atomic E-state index is 0.120. The van der Waals surface area contributed by atoms with E-state index in [1.54, 1.807) is 0 Å². The zero-order valence-corrected chi connectivity index (χ0v) is 35.6. The normalized spacial score (nSPS) is 27.0. The molecule has 9 atom stereocenters. The molecule has 0 bridgehead atoms. The van der Waals surface area contributed by atoms with Crippen LogP contribution < -0.4 is 32.7 Å². The van der Waals surface area contributed by atoms with Gasteiger partial charge in [-0.2, -0.15) is 0 Å². The van der Waals surface area contributed by atoms with Crippen molar-refractivity contribution >= 4 is 59.1 Å². The first kappa shape index (κ1) is 49.5. The van der Waals surface area contributed by atoms with Gasteiger partial charge in [-0.15, -0.1) is 0 Å². The van der Waals surface area contributed by atoms with Crippen molar-refractivity contribution < 1.29 is 68.4 Å². The lowest BCUT2D eigenvalue weighted by Crippen LogP contribution is -2.56. The van der Waals surface area contributed by atoms with Crippen LogP contribution in [0.5, 0.6) is 0 Å². The summed E-state index contributed by atoms with van der Waals surface area (Å²) in [5, 5.41) is 50.0. The molecular formula is C39H61N11O14. The molecule has 25 heteroatoms. The number of aliphatic hydroxyl groups is 3. The van der Waals surface area contributed by atoms with Crippen LogP contribution in [0.25, 0.3) is 0 Å². The van der Waals surface area contributed by atoms with Crippen molar-refractivity contribution in [1.82, 2.24) is 45.8 Å². The summed E-state index contributed by atoms with van der Waals surface area (Å²) in [7, 11) is 0. The molecule has 0 unspecified atom stereocenters. The molecule has 9 amide bonds. The summed E-state index contributed by atoms with van der Waals surface area (Å²) in [4.78, 5) is 137.